The molecule has 7 nitrogen and oxygen atoms in total. The molecule has 0 spiro atoms. The van der Waals surface area contributed by atoms with Gasteiger partial charge in [-0.3, -0.25) is 10.1 Å². The van der Waals surface area contributed by atoms with Crippen LogP contribution in [0, 0.1) is 0 Å². The zero-order chi connectivity index (χ0) is 21.7. The minimum absolute atomic E-state index is 0.0801. The maximum absolute atomic E-state index is 12.3. The van der Waals surface area contributed by atoms with E-state index in [9.17, 15) is 9.59 Å². The molecule has 3 rings (SSSR count). The topological polar surface area (TPSA) is 104 Å². The monoisotopic (exact) mass is 445 g/mol. The molecule has 0 bridgehead atoms. The predicted molar refractivity (Wildman–Crippen MR) is 118 cm³/mol. The largest absolute Gasteiger partial charge is 0.496 e. The molecule has 0 aliphatic carbocycles. The highest BCUT2D eigenvalue weighted by Crippen LogP contribution is 2.29. The molecule has 0 saturated carbocycles. The fourth-order valence-corrected chi connectivity index (χ4v) is 3.54. The van der Waals surface area contributed by atoms with Crippen LogP contribution in [0.2, 0.25) is 5.02 Å². The van der Waals surface area contributed by atoms with Gasteiger partial charge in [-0.15, -0.1) is 11.3 Å². The Morgan fingerprint density at radius 3 is 2.63 bits per heavy atom. The van der Waals surface area contributed by atoms with E-state index in [1.165, 1.54) is 36.1 Å². The van der Waals surface area contributed by atoms with Crippen LogP contribution in [-0.4, -0.2) is 30.6 Å². The van der Waals surface area contributed by atoms with Crippen molar-refractivity contribution in [1.82, 2.24) is 4.98 Å². The number of hydrogen-bond donors (Lipinski definition) is 2. The van der Waals surface area contributed by atoms with Crippen LogP contribution in [0.25, 0.3) is 11.3 Å². The van der Waals surface area contributed by atoms with Gasteiger partial charge in [0.25, 0.3) is 5.91 Å². The van der Waals surface area contributed by atoms with Crippen molar-refractivity contribution in [2.45, 2.75) is 13.3 Å². The summed E-state index contributed by atoms with van der Waals surface area (Å²) < 4.78 is 10.2. The minimum Gasteiger partial charge on any atom is -0.496 e. The van der Waals surface area contributed by atoms with Crippen molar-refractivity contribution in [2.75, 3.05) is 24.8 Å². The molecule has 0 aliphatic heterocycles. The number of carbonyl (C=O) groups excluding carboxylic acids is 2. The fourth-order valence-electron chi connectivity index (χ4n) is 2.64. The van der Waals surface area contributed by atoms with E-state index in [4.69, 9.17) is 26.8 Å². The van der Waals surface area contributed by atoms with Crippen molar-refractivity contribution in [3.63, 3.8) is 0 Å². The molecule has 0 saturated heterocycles. The van der Waals surface area contributed by atoms with E-state index in [0.29, 0.717) is 5.13 Å². The lowest BCUT2D eigenvalue weighted by Gasteiger charge is -2.10. The third kappa shape index (κ3) is 5.08. The highest BCUT2D eigenvalue weighted by Gasteiger charge is 2.18. The van der Waals surface area contributed by atoms with Crippen LogP contribution in [0.3, 0.4) is 0 Å². The molecule has 0 atom stereocenters. The summed E-state index contributed by atoms with van der Waals surface area (Å²) in [5.74, 6) is -1.05. The van der Waals surface area contributed by atoms with Crippen LogP contribution in [0.1, 0.15) is 22.8 Å². The molecule has 3 aromatic rings. The molecule has 0 fully saturated rings. The van der Waals surface area contributed by atoms with Gasteiger partial charge < -0.3 is 15.2 Å². The van der Waals surface area contributed by atoms with Crippen LogP contribution in [-0.2, 0) is 16.0 Å². The number of anilines is 2. The second-order valence-corrected chi connectivity index (χ2v) is 7.55. The molecule has 1 amide bonds. The van der Waals surface area contributed by atoms with Crippen molar-refractivity contribution in [3.8, 4) is 17.0 Å². The van der Waals surface area contributed by atoms with E-state index in [0.717, 1.165) is 17.7 Å². The zero-order valence-corrected chi connectivity index (χ0v) is 18.0. The maximum atomic E-state index is 12.3. The molecule has 156 valence electrons. The number of ether oxygens (including phenoxy) is 2. The lowest BCUT2D eigenvalue weighted by atomic mass is 10.1. The summed E-state index contributed by atoms with van der Waals surface area (Å²) in [6.07, 6.45) is 0.964. The highest BCUT2D eigenvalue weighted by molar-refractivity contribution is 7.14. The Balaban J connectivity index is 1.59. The molecule has 1 aromatic heterocycles. The van der Waals surface area contributed by atoms with Crippen molar-refractivity contribution >= 4 is 45.6 Å². The predicted octanol–water partition coefficient (Wildman–Crippen LogP) is 4.41. The van der Waals surface area contributed by atoms with Gasteiger partial charge in [-0.1, -0.05) is 42.8 Å². The van der Waals surface area contributed by atoms with E-state index in [-0.39, 0.29) is 22.0 Å². The van der Waals surface area contributed by atoms with E-state index >= 15 is 0 Å². The third-order valence-electron chi connectivity index (χ3n) is 4.28. The Morgan fingerprint density at radius 2 is 1.97 bits per heavy atom. The number of nitrogen functional groups attached to an aromatic ring is 1. The Bertz CT molecular complexity index is 1070. The maximum Gasteiger partial charge on any atom is 0.342 e. The first-order valence-electron chi connectivity index (χ1n) is 9.06. The number of carbonyl (C=O) groups is 2. The van der Waals surface area contributed by atoms with Gasteiger partial charge >= 0.3 is 5.97 Å². The summed E-state index contributed by atoms with van der Waals surface area (Å²) in [7, 11) is 1.39. The quantitative estimate of drug-likeness (QED) is 0.412. The number of nitrogens with one attached hydrogen (secondary N) is 1. The molecular weight excluding hydrogens is 426 g/mol. The van der Waals surface area contributed by atoms with Crippen LogP contribution < -0.4 is 15.8 Å². The molecule has 3 N–H and O–H groups in total. The first-order chi connectivity index (χ1) is 14.4. The van der Waals surface area contributed by atoms with Crippen molar-refractivity contribution < 1.29 is 19.1 Å². The average molecular weight is 446 g/mol. The molecule has 1 heterocycles. The number of halogens is 1. The van der Waals surface area contributed by atoms with E-state index < -0.39 is 18.5 Å². The highest BCUT2D eigenvalue weighted by atomic mass is 35.5. The van der Waals surface area contributed by atoms with E-state index in [1.54, 1.807) is 0 Å². The number of rotatable bonds is 7. The van der Waals surface area contributed by atoms with Gasteiger partial charge in [0.1, 0.15) is 11.3 Å². The summed E-state index contributed by atoms with van der Waals surface area (Å²) in [5.41, 5.74) is 9.01. The van der Waals surface area contributed by atoms with Crippen molar-refractivity contribution in [2.24, 2.45) is 0 Å². The van der Waals surface area contributed by atoms with E-state index in [1.807, 2.05) is 29.6 Å². The molecule has 0 radical (unpaired) electrons. The van der Waals surface area contributed by atoms with Crippen LogP contribution in [0.5, 0.6) is 5.75 Å². The van der Waals surface area contributed by atoms with Crippen molar-refractivity contribution in [3.05, 3.63) is 57.9 Å². The second kappa shape index (κ2) is 9.60. The summed E-state index contributed by atoms with van der Waals surface area (Å²) in [5, 5.41) is 5.08. The number of amides is 1. The summed E-state index contributed by atoms with van der Waals surface area (Å²) >= 11 is 7.24. The van der Waals surface area contributed by atoms with Crippen LogP contribution >= 0.6 is 22.9 Å². The number of benzene rings is 2. The number of thiazole rings is 1. The standard InChI is InChI=1S/C21H20ClN3O4S/c1-3-12-4-6-13(7-5-12)17-11-30-21(24-17)25-19(26)10-29-20(27)14-8-15(22)16(23)9-18(14)28-2/h4-9,11H,3,10,23H2,1-2H3,(H,24,25,26). The minimum atomic E-state index is -0.750. The first-order valence-corrected chi connectivity index (χ1v) is 10.3. The fraction of sp³-hybridized carbons (Fsp3) is 0.190. The molecule has 2 aromatic carbocycles. The molecule has 0 aliphatic rings. The second-order valence-electron chi connectivity index (χ2n) is 6.29. The molecule has 30 heavy (non-hydrogen) atoms. The number of nitrogens with zero attached hydrogens (tertiary/aromatic N) is 1. The molecule has 0 unspecified atom stereocenters. The summed E-state index contributed by atoms with van der Waals surface area (Å²) in [4.78, 5) is 28.9. The Hall–Kier alpha value is -3.10. The van der Waals surface area contributed by atoms with Gasteiger partial charge in [0, 0.05) is 17.0 Å². The first kappa shape index (κ1) is 21.6. The number of aromatic nitrogens is 1. The lowest BCUT2D eigenvalue weighted by molar-refractivity contribution is -0.119. The lowest BCUT2D eigenvalue weighted by Crippen LogP contribution is -2.21. The van der Waals surface area contributed by atoms with Crippen molar-refractivity contribution in [1.29, 1.82) is 0 Å². The number of aryl methyl sites for hydroxylation is 1. The third-order valence-corrected chi connectivity index (χ3v) is 5.37. The summed E-state index contributed by atoms with van der Waals surface area (Å²) in [6, 6.07) is 10.8. The number of hydrogen-bond acceptors (Lipinski definition) is 7. The van der Waals surface area contributed by atoms with Gasteiger partial charge in [0.2, 0.25) is 0 Å². The molecule has 9 heteroatoms. The van der Waals surface area contributed by atoms with Crippen LogP contribution in [0.15, 0.2) is 41.8 Å². The van der Waals surface area contributed by atoms with E-state index in [2.05, 4.69) is 17.2 Å². The Labute approximate surface area is 182 Å². The zero-order valence-electron chi connectivity index (χ0n) is 16.4. The smallest absolute Gasteiger partial charge is 0.342 e. The normalized spacial score (nSPS) is 10.5. The van der Waals surface area contributed by atoms with Gasteiger partial charge in [-0.25, -0.2) is 9.78 Å². The van der Waals surface area contributed by atoms with Gasteiger partial charge in [-0.05, 0) is 18.1 Å². The van der Waals surface area contributed by atoms with Gasteiger partial charge in [0.15, 0.2) is 11.7 Å². The number of methoxy groups -OCH3 is 1. The molecular formula is C21H20ClN3O4S. The average Bonchev–Trinajstić information content (AvgIpc) is 3.22. The number of esters is 1. The van der Waals surface area contributed by atoms with Crippen LogP contribution in [0.4, 0.5) is 10.8 Å². The SMILES string of the molecule is CCc1ccc(-c2csc(NC(=O)COC(=O)c3cc(Cl)c(N)cc3OC)n2)cc1. The number of nitrogens with two attached hydrogens (primary N) is 1. The van der Waals surface area contributed by atoms with Gasteiger partial charge in [-0.2, -0.15) is 0 Å². The summed E-state index contributed by atoms with van der Waals surface area (Å²) in [6.45, 7) is 1.61. The Kier molecular flexibility index (Phi) is 6.91. The Morgan fingerprint density at radius 1 is 1.23 bits per heavy atom. The van der Waals surface area contributed by atoms with Gasteiger partial charge in [0.05, 0.1) is 23.5 Å².